The van der Waals surface area contributed by atoms with Gasteiger partial charge in [-0.05, 0) is 25.8 Å². The van der Waals surface area contributed by atoms with Crippen molar-refractivity contribution in [3.8, 4) is 0 Å². The van der Waals surface area contributed by atoms with E-state index in [1.165, 1.54) is 12.1 Å². The number of carbonyl (C=O) groups excluding carboxylic acids is 1. The van der Waals surface area contributed by atoms with Crippen LogP contribution in [0.1, 0.15) is 19.8 Å². The predicted molar refractivity (Wildman–Crippen MR) is 75.5 cm³/mol. The van der Waals surface area contributed by atoms with Gasteiger partial charge in [-0.25, -0.2) is 4.79 Å². The molecule has 1 saturated heterocycles. The highest BCUT2D eigenvalue weighted by Gasteiger charge is 2.27. The summed E-state index contributed by atoms with van der Waals surface area (Å²) >= 11 is 0. The van der Waals surface area contributed by atoms with E-state index in [9.17, 15) is 14.9 Å². The quantitative estimate of drug-likeness (QED) is 0.637. The summed E-state index contributed by atoms with van der Waals surface area (Å²) in [4.78, 5) is 24.1. The van der Waals surface area contributed by atoms with Crippen molar-refractivity contribution in [2.45, 2.75) is 31.8 Å². The van der Waals surface area contributed by atoms with Gasteiger partial charge in [0.05, 0.1) is 4.92 Å². The molecule has 1 aromatic carbocycles. The number of hydrogen-bond acceptors (Lipinski definition) is 4. The van der Waals surface area contributed by atoms with Crippen LogP contribution in [0.3, 0.4) is 0 Å². The summed E-state index contributed by atoms with van der Waals surface area (Å²) in [6.45, 7) is 2.55. The number of benzene rings is 1. The number of likely N-dealkylation sites (tertiary alicyclic amines) is 1. The van der Waals surface area contributed by atoms with Crippen molar-refractivity contribution in [3.63, 3.8) is 0 Å². The summed E-state index contributed by atoms with van der Waals surface area (Å²) in [7, 11) is 0. The molecule has 20 heavy (non-hydrogen) atoms. The topological polar surface area (TPSA) is 102 Å². The van der Waals surface area contributed by atoms with Gasteiger partial charge in [0.1, 0.15) is 0 Å². The number of carbonyl (C=O) groups is 1. The molecule has 2 atom stereocenters. The number of nitro benzene ring substituents is 1. The Hall–Kier alpha value is -2.15. The third-order valence-corrected chi connectivity index (χ3v) is 3.49. The van der Waals surface area contributed by atoms with Gasteiger partial charge in [-0.3, -0.25) is 10.1 Å². The number of nitro groups is 1. The van der Waals surface area contributed by atoms with E-state index in [0.717, 1.165) is 12.8 Å². The van der Waals surface area contributed by atoms with E-state index in [1.807, 2.05) is 6.92 Å². The molecule has 0 aliphatic carbocycles. The molecule has 2 rings (SSSR count). The van der Waals surface area contributed by atoms with Crippen LogP contribution in [0, 0.1) is 10.1 Å². The monoisotopic (exact) mass is 278 g/mol. The summed E-state index contributed by atoms with van der Waals surface area (Å²) in [5.74, 6) is 0. The van der Waals surface area contributed by atoms with E-state index < -0.39 is 4.92 Å². The lowest BCUT2D eigenvalue weighted by molar-refractivity contribution is -0.384. The normalized spacial score (nSPS) is 22.4. The Morgan fingerprint density at radius 3 is 2.95 bits per heavy atom. The zero-order chi connectivity index (χ0) is 14.7. The second-order valence-electron chi connectivity index (χ2n) is 5.06. The van der Waals surface area contributed by atoms with Crippen LogP contribution in [0.15, 0.2) is 24.3 Å². The van der Waals surface area contributed by atoms with Crippen LogP contribution < -0.4 is 11.1 Å². The van der Waals surface area contributed by atoms with E-state index >= 15 is 0 Å². The maximum absolute atomic E-state index is 12.2. The van der Waals surface area contributed by atoms with Crippen molar-refractivity contribution in [1.82, 2.24) is 4.90 Å². The van der Waals surface area contributed by atoms with Crippen LogP contribution in [-0.4, -0.2) is 34.5 Å². The average molecular weight is 278 g/mol. The Labute approximate surface area is 116 Å². The second-order valence-corrected chi connectivity index (χ2v) is 5.06. The zero-order valence-corrected chi connectivity index (χ0v) is 11.3. The molecule has 0 aromatic heterocycles. The first-order chi connectivity index (χ1) is 9.47. The number of non-ortho nitro benzene ring substituents is 1. The number of nitrogens with zero attached hydrogens (tertiary/aromatic N) is 2. The maximum Gasteiger partial charge on any atom is 0.322 e. The highest BCUT2D eigenvalue weighted by molar-refractivity contribution is 5.90. The zero-order valence-electron chi connectivity index (χ0n) is 11.3. The Kier molecular flexibility index (Phi) is 4.19. The second kappa shape index (κ2) is 5.87. The lowest BCUT2D eigenvalue weighted by Gasteiger charge is -2.36. The van der Waals surface area contributed by atoms with Gasteiger partial charge >= 0.3 is 6.03 Å². The first kappa shape index (κ1) is 14.3. The average Bonchev–Trinajstić information content (AvgIpc) is 2.38. The molecule has 1 aromatic rings. The summed E-state index contributed by atoms with van der Waals surface area (Å²) in [6.07, 6.45) is 1.54. The van der Waals surface area contributed by atoms with Gasteiger partial charge in [0.25, 0.3) is 5.69 Å². The summed E-state index contributed by atoms with van der Waals surface area (Å²) in [6, 6.07) is 5.86. The SMILES string of the molecule is CC1CC(N)CCN1C(=O)Nc1cccc([N+](=O)[O-])c1. The first-order valence-corrected chi connectivity index (χ1v) is 6.55. The maximum atomic E-state index is 12.2. The van der Waals surface area contributed by atoms with Crippen LogP contribution >= 0.6 is 0 Å². The standard InChI is InChI=1S/C13H18N4O3/c1-9-7-10(14)5-6-16(9)13(18)15-11-3-2-4-12(8-11)17(19)20/h2-4,8-10H,5-7,14H2,1H3,(H,15,18). The summed E-state index contributed by atoms with van der Waals surface area (Å²) < 4.78 is 0. The molecule has 2 amide bonds. The molecule has 7 nitrogen and oxygen atoms in total. The molecule has 2 unspecified atom stereocenters. The largest absolute Gasteiger partial charge is 0.328 e. The molecule has 3 N–H and O–H groups in total. The molecule has 0 bridgehead atoms. The minimum Gasteiger partial charge on any atom is -0.328 e. The molecular weight excluding hydrogens is 260 g/mol. The number of nitrogens with one attached hydrogen (secondary N) is 1. The van der Waals surface area contributed by atoms with Crippen LogP contribution in [0.2, 0.25) is 0 Å². The number of anilines is 1. The summed E-state index contributed by atoms with van der Waals surface area (Å²) in [5, 5.41) is 13.4. The minimum atomic E-state index is -0.488. The fraction of sp³-hybridized carbons (Fsp3) is 0.462. The lowest BCUT2D eigenvalue weighted by Crippen LogP contribution is -2.49. The molecule has 108 valence electrons. The third kappa shape index (κ3) is 3.24. The smallest absolute Gasteiger partial charge is 0.322 e. The van der Waals surface area contributed by atoms with Crippen molar-refractivity contribution < 1.29 is 9.72 Å². The predicted octanol–water partition coefficient (Wildman–Crippen LogP) is 1.94. The van der Waals surface area contributed by atoms with Crippen LogP contribution in [0.25, 0.3) is 0 Å². The fourth-order valence-corrected chi connectivity index (χ4v) is 2.40. The van der Waals surface area contributed by atoms with Gasteiger partial charge in [0.15, 0.2) is 0 Å². The molecule has 0 saturated carbocycles. The highest BCUT2D eigenvalue weighted by atomic mass is 16.6. The molecule has 1 heterocycles. The van der Waals surface area contributed by atoms with Crippen LogP contribution in [0.4, 0.5) is 16.2 Å². The lowest BCUT2D eigenvalue weighted by atomic mass is 10.00. The van der Waals surface area contributed by atoms with E-state index in [4.69, 9.17) is 5.73 Å². The van der Waals surface area contributed by atoms with Crippen molar-refractivity contribution in [3.05, 3.63) is 34.4 Å². The number of hydrogen-bond donors (Lipinski definition) is 2. The Balaban J connectivity index is 2.04. The fourth-order valence-electron chi connectivity index (χ4n) is 2.40. The van der Waals surface area contributed by atoms with Gasteiger partial charge in [-0.2, -0.15) is 0 Å². The van der Waals surface area contributed by atoms with Crippen molar-refractivity contribution in [1.29, 1.82) is 0 Å². The van der Waals surface area contributed by atoms with Gasteiger partial charge in [-0.1, -0.05) is 6.07 Å². The Morgan fingerprint density at radius 2 is 2.30 bits per heavy atom. The highest BCUT2D eigenvalue weighted by Crippen LogP contribution is 2.20. The van der Waals surface area contributed by atoms with Gasteiger partial charge in [0, 0.05) is 36.4 Å². The van der Waals surface area contributed by atoms with Crippen LogP contribution in [0.5, 0.6) is 0 Å². The molecule has 7 heteroatoms. The van der Waals surface area contributed by atoms with Gasteiger partial charge in [0.2, 0.25) is 0 Å². The Morgan fingerprint density at radius 1 is 1.55 bits per heavy atom. The number of nitrogens with two attached hydrogens (primary N) is 1. The third-order valence-electron chi connectivity index (χ3n) is 3.49. The Bertz CT molecular complexity index is 520. The van der Waals surface area contributed by atoms with E-state index in [0.29, 0.717) is 12.2 Å². The summed E-state index contributed by atoms with van der Waals surface area (Å²) in [5.41, 5.74) is 6.24. The molecular formula is C13H18N4O3. The van der Waals surface area contributed by atoms with Crippen molar-refractivity contribution >= 4 is 17.4 Å². The first-order valence-electron chi connectivity index (χ1n) is 6.55. The van der Waals surface area contributed by atoms with E-state index in [2.05, 4.69) is 5.32 Å². The van der Waals surface area contributed by atoms with E-state index in [-0.39, 0.29) is 23.8 Å². The number of amides is 2. The van der Waals surface area contributed by atoms with Crippen LogP contribution in [-0.2, 0) is 0 Å². The number of piperidine rings is 1. The number of urea groups is 1. The molecule has 1 aliphatic heterocycles. The van der Waals surface area contributed by atoms with Crippen molar-refractivity contribution in [2.24, 2.45) is 5.73 Å². The van der Waals surface area contributed by atoms with E-state index in [1.54, 1.807) is 17.0 Å². The number of rotatable bonds is 2. The minimum absolute atomic E-state index is 0.0449. The van der Waals surface area contributed by atoms with Gasteiger partial charge < -0.3 is 16.0 Å². The van der Waals surface area contributed by atoms with Gasteiger partial charge in [-0.15, -0.1) is 0 Å². The van der Waals surface area contributed by atoms with Crippen molar-refractivity contribution in [2.75, 3.05) is 11.9 Å². The molecule has 1 fully saturated rings. The molecule has 1 aliphatic rings. The molecule has 0 spiro atoms. The molecule has 0 radical (unpaired) electrons.